The fraction of sp³-hybridized carbons (Fsp3) is 0.600. The van der Waals surface area contributed by atoms with Crippen molar-refractivity contribution in [1.29, 1.82) is 0 Å². The van der Waals surface area contributed by atoms with E-state index in [1.165, 1.54) is 0 Å². The van der Waals surface area contributed by atoms with Gasteiger partial charge in [-0.1, -0.05) is 29.8 Å². The summed E-state index contributed by atoms with van der Waals surface area (Å²) in [4.78, 5) is 8.83. The number of nitrogens with zero attached hydrogens (tertiary/aromatic N) is 2. The van der Waals surface area contributed by atoms with Crippen molar-refractivity contribution in [3.63, 3.8) is 0 Å². The van der Waals surface area contributed by atoms with E-state index in [1.807, 2.05) is 13.1 Å². The lowest BCUT2D eigenvalue weighted by atomic mass is 10.1. The number of halogens is 1. The van der Waals surface area contributed by atoms with E-state index < -0.39 is 0 Å². The highest BCUT2D eigenvalue weighted by Crippen LogP contribution is 2.16. The molecule has 0 aliphatic heterocycles. The van der Waals surface area contributed by atoms with Crippen LogP contribution in [0, 0.1) is 6.92 Å². The van der Waals surface area contributed by atoms with Crippen molar-refractivity contribution in [1.82, 2.24) is 9.97 Å². The van der Waals surface area contributed by atoms with Crippen molar-refractivity contribution in [3.05, 3.63) is 23.3 Å². The van der Waals surface area contributed by atoms with Gasteiger partial charge in [0.15, 0.2) is 0 Å². The van der Waals surface area contributed by atoms with Gasteiger partial charge in [0, 0.05) is 17.4 Å². The Morgan fingerprint density at radius 1 is 1.54 bits per heavy atom. The Bertz CT molecular complexity index is 286. The summed E-state index contributed by atoms with van der Waals surface area (Å²) in [7, 11) is 0. The summed E-state index contributed by atoms with van der Waals surface area (Å²) in [5.74, 6) is 1.42. The van der Waals surface area contributed by atoms with E-state index >= 15 is 0 Å². The minimum absolute atomic E-state index is 0.457. The molecule has 0 N–H and O–H groups in total. The highest BCUT2D eigenvalue weighted by atomic mass is 79.9. The molecule has 2 nitrogen and oxygen atoms in total. The maximum atomic E-state index is 4.50. The van der Waals surface area contributed by atoms with Gasteiger partial charge in [-0.25, -0.2) is 9.97 Å². The summed E-state index contributed by atoms with van der Waals surface area (Å²) < 4.78 is 0. The normalized spacial score (nSPS) is 12.9. The molecule has 0 fully saturated rings. The van der Waals surface area contributed by atoms with Gasteiger partial charge in [0.2, 0.25) is 0 Å². The summed E-state index contributed by atoms with van der Waals surface area (Å²) in [6, 6.07) is 0. The van der Waals surface area contributed by atoms with Gasteiger partial charge >= 0.3 is 0 Å². The number of aryl methyl sites for hydroxylation is 1. The van der Waals surface area contributed by atoms with E-state index in [9.17, 15) is 0 Å². The van der Waals surface area contributed by atoms with Gasteiger partial charge in [-0.15, -0.1) is 0 Å². The second-order valence-corrected chi connectivity index (χ2v) is 3.86. The Hall–Kier alpha value is -0.440. The SMILES string of the molecule is CCC(C)c1ncc(C)c(CBr)n1. The third kappa shape index (κ3) is 2.50. The molecule has 0 amide bonds. The highest BCUT2D eigenvalue weighted by Gasteiger charge is 2.08. The molecule has 0 radical (unpaired) electrons. The van der Waals surface area contributed by atoms with Crippen molar-refractivity contribution in [2.24, 2.45) is 0 Å². The number of hydrogen-bond donors (Lipinski definition) is 0. The standard InChI is InChI=1S/C10H15BrN2/c1-4-7(2)10-12-6-8(3)9(5-11)13-10/h6-7H,4-5H2,1-3H3. The number of rotatable bonds is 3. The molecular formula is C10H15BrN2. The predicted molar refractivity (Wildman–Crippen MR) is 58.1 cm³/mol. The third-order valence-electron chi connectivity index (χ3n) is 2.27. The Labute approximate surface area is 87.9 Å². The number of alkyl halides is 1. The molecule has 1 aromatic rings. The molecule has 0 saturated heterocycles. The Balaban J connectivity index is 2.99. The molecule has 1 atom stereocenters. The monoisotopic (exact) mass is 242 g/mol. The quantitative estimate of drug-likeness (QED) is 0.762. The lowest BCUT2D eigenvalue weighted by Crippen LogP contribution is -2.03. The molecule has 0 spiro atoms. The molecule has 0 bridgehead atoms. The van der Waals surface area contributed by atoms with Crippen molar-refractivity contribution >= 4 is 15.9 Å². The van der Waals surface area contributed by atoms with Crippen molar-refractivity contribution in [2.75, 3.05) is 0 Å². The van der Waals surface area contributed by atoms with Gasteiger partial charge in [0.05, 0.1) is 5.69 Å². The van der Waals surface area contributed by atoms with Crippen molar-refractivity contribution in [3.8, 4) is 0 Å². The van der Waals surface area contributed by atoms with Gasteiger partial charge in [-0.2, -0.15) is 0 Å². The second-order valence-electron chi connectivity index (χ2n) is 3.30. The molecule has 1 aromatic heterocycles. The minimum atomic E-state index is 0.457. The maximum absolute atomic E-state index is 4.50. The predicted octanol–water partition coefficient (Wildman–Crippen LogP) is 3.19. The molecule has 0 saturated carbocycles. The molecule has 72 valence electrons. The Morgan fingerprint density at radius 2 is 2.23 bits per heavy atom. The van der Waals surface area contributed by atoms with E-state index in [0.717, 1.165) is 28.8 Å². The number of hydrogen-bond acceptors (Lipinski definition) is 2. The van der Waals surface area contributed by atoms with Gasteiger partial charge < -0.3 is 0 Å². The van der Waals surface area contributed by atoms with E-state index in [1.54, 1.807) is 0 Å². The molecular weight excluding hydrogens is 228 g/mol. The number of aromatic nitrogens is 2. The zero-order chi connectivity index (χ0) is 9.84. The summed E-state index contributed by atoms with van der Waals surface area (Å²) in [6.07, 6.45) is 3.00. The van der Waals surface area contributed by atoms with Crippen LogP contribution in [0.4, 0.5) is 0 Å². The lowest BCUT2D eigenvalue weighted by Gasteiger charge is -2.09. The van der Waals surface area contributed by atoms with Crippen LogP contribution in [0.15, 0.2) is 6.20 Å². The maximum Gasteiger partial charge on any atom is 0.131 e. The lowest BCUT2D eigenvalue weighted by molar-refractivity contribution is 0.672. The minimum Gasteiger partial charge on any atom is -0.241 e. The fourth-order valence-corrected chi connectivity index (χ4v) is 1.62. The molecule has 0 aromatic carbocycles. The van der Waals surface area contributed by atoms with Crippen LogP contribution in [0.1, 0.15) is 43.3 Å². The summed E-state index contributed by atoms with van der Waals surface area (Å²) >= 11 is 3.42. The van der Waals surface area contributed by atoms with Crippen LogP contribution in [0.5, 0.6) is 0 Å². The zero-order valence-electron chi connectivity index (χ0n) is 8.34. The average Bonchev–Trinajstić information content (AvgIpc) is 2.17. The molecule has 1 rings (SSSR count). The van der Waals surface area contributed by atoms with Gasteiger partial charge in [-0.05, 0) is 18.9 Å². The zero-order valence-corrected chi connectivity index (χ0v) is 9.93. The van der Waals surface area contributed by atoms with Gasteiger partial charge in [0.25, 0.3) is 0 Å². The Kier molecular flexibility index (Phi) is 3.85. The first-order valence-corrected chi connectivity index (χ1v) is 5.69. The molecule has 0 aliphatic carbocycles. The fourth-order valence-electron chi connectivity index (χ4n) is 1.05. The van der Waals surface area contributed by atoms with E-state index in [2.05, 4.69) is 39.7 Å². The summed E-state index contributed by atoms with van der Waals surface area (Å²) in [6.45, 7) is 6.35. The average molecular weight is 243 g/mol. The second kappa shape index (κ2) is 4.70. The largest absolute Gasteiger partial charge is 0.241 e. The smallest absolute Gasteiger partial charge is 0.131 e. The van der Waals surface area contributed by atoms with E-state index in [4.69, 9.17) is 0 Å². The first kappa shape index (κ1) is 10.6. The van der Waals surface area contributed by atoms with Crippen LogP contribution in [0.2, 0.25) is 0 Å². The van der Waals surface area contributed by atoms with Gasteiger partial charge in [0.1, 0.15) is 5.82 Å². The van der Waals surface area contributed by atoms with Crippen molar-refractivity contribution in [2.45, 2.75) is 38.4 Å². The van der Waals surface area contributed by atoms with E-state index in [0.29, 0.717) is 5.92 Å². The third-order valence-corrected chi connectivity index (χ3v) is 2.81. The molecule has 1 heterocycles. The van der Waals surface area contributed by atoms with Crippen LogP contribution in [-0.2, 0) is 5.33 Å². The molecule has 1 unspecified atom stereocenters. The summed E-state index contributed by atoms with van der Waals surface area (Å²) in [5, 5.41) is 0.810. The molecule has 3 heteroatoms. The van der Waals surface area contributed by atoms with Crippen LogP contribution in [0.25, 0.3) is 0 Å². The van der Waals surface area contributed by atoms with Crippen LogP contribution in [0.3, 0.4) is 0 Å². The first-order chi connectivity index (χ1) is 6.19. The van der Waals surface area contributed by atoms with Crippen LogP contribution in [-0.4, -0.2) is 9.97 Å². The topological polar surface area (TPSA) is 25.8 Å². The first-order valence-electron chi connectivity index (χ1n) is 4.57. The van der Waals surface area contributed by atoms with Crippen LogP contribution < -0.4 is 0 Å². The van der Waals surface area contributed by atoms with Crippen molar-refractivity contribution < 1.29 is 0 Å². The Morgan fingerprint density at radius 3 is 2.77 bits per heavy atom. The molecule has 13 heavy (non-hydrogen) atoms. The summed E-state index contributed by atoms with van der Waals surface area (Å²) in [5.41, 5.74) is 2.26. The molecule has 0 aliphatic rings. The van der Waals surface area contributed by atoms with Crippen LogP contribution >= 0.6 is 15.9 Å². The van der Waals surface area contributed by atoms with E-state index in [-0.39, 0.29) is 0 Å². The highest BCUT2D eigenvalue weighted by molar-refractivity contribution is 9.08. The van der Waals surface area contributed by atoms with Gasteiger partial charge in [-0.3, -0.25) is 0 Å².